The van der Waals surface area contributed by atoms with Gasteiger partial charge in [-0.05, 0) is 25.0 Å². The number of carbonyl (C=O) groups is 3. The molecule has 0 aromatic heterocycles. The van der Waals surface area contributed by atoms with Crippen LogP contribution in [-0.2, 0) is 9.59 Å². The van der Waals surface area contributed by atoms with Gasteiger partial charge >= 0.3 is 5.97 Å². The molecule has 9 heteroatoms. The summed E-state index contributed by atoms with van der Waals surface area (Å²) in [6, 6.07) is 5.13. The van der Waals surface area contributed by atoms with Crippen molar-refractivity contribution in [2.75, 3.05) is 26.7 Å². The number of rotatable bonds is 5. The Hall–Kier alpha value is -2.97. The predicted molar refractivity (Wildman–Crippen MR) is 87.0 cm³/mol. The number of piperidine rings is 1. The van der Waals surface area contributed by atoms with Crippen molar-refractivity contribution in [2.45, 2.75) is 12.8 Å². The first-order valence-corrected chi connectivity index (χ1v) is 7.80. The van der Waals surface area contributed by atoms with Crippen LogP contribution < -0.4 is 0 Å². The van der Waals surface area contributed by atoms with Gasteiger partial charge in [-0.2, -0.15) is 0 Å². The average Bonchev–Trinajstić information content (AvgIpc) is 2.61. The van der Waals surface area contributed by atoms with Gasteiger partial charge in [0, 0.05) is 37.8 Å². The third-order valence-corrected chi connectivity index (χ3v) is 4.17. The lowest BCUT2D eigenvalue weighted by molar-refractivity contribution is -0.384. The van der Waals surface area contributed by atoms with Crippen LogP contribution in [0, 0.1) is 16.0 Å². The molecule has 1 heterocycles. The van der Waals surface area contributed by atoms with E-state index >= 15 is 0 Å². The fourth-order valence-corrected chi connectivity index (χ4v) is 2.73. The normalized spacial score (nSPS) is 17.0. The number of carbonyl (C=O) groups excluding carboxylic acids is 2. The van der Waals surface area contributed by atoms with E-state index in [0.29, 0.717) is 19.4 Å². The first kappa shape index (κ1) is 18.4. The summed E-state index contributed by atoms with van der Waals surface area (Å²) in [5, 5.41) is 19.7. The molecular formula is C16H19N3O6. The lowest BCUT2D eigenvalue weighted by atomic mass is 9.98. The summed E-state index contributed by atoms with van der Waals surface area (Å²) in [6.45, 7) is 0.443. The number of non-ortho nitro benzene ring substituents is 1. The molecule has 0 aliphatic carbocycles. The smallest absolute Gasteiger partial charge is 0.308 e. The van der Waals surface area contributed by atoms with Gasteiger partial charge in [-0.1, -0.05) is 0 Å². The summed E-state index contributed by atoms with van der Waals surface area (Å²) < 4.78 is 0. The number of benzene rings is 1. The Morgan fingerprint density at radius 3 is 2.52 bits per heavy atom. The maximum absolute atomic E-state index is 12.3. The minimum Gasteiger partial charge on any atom is -0.481 e. The molecule has 0 radical (unpaired) electrons. The van der Waals surface area contributed by atoms with Gasteiger partial charge in [0.05, 0.1) is 17.4 Å². The Balaban J connectivity index is 1.97. The van der Waals surface area contributed by atoms with Crippen molar-refractivity contribution in [1.82, 2.24) is 9.80 Å². The molecular weight excluding hydrogens is 330 g/mol. The molecule has 1 unspecified atom stereocenters. The Kier molecular flexibility index (Phi) is 5.68. The zero-order valence-electron chi connectivity index (χ0n) is 13.8. The molecule has 1 N–H and O–H groups in total. The van der Waals surface area contributed by atoms with Crippen molar-refractivity contribution < 1.29 is 24.4 Å². The van der Waals surface area contributed by atoms with E-state index in [0.717, 1.165) is 0 Å². The molecule has 25 heavy (non-hydrogen) atoms. The molecule has 2 amide bonds. The number of likely N-dealkylation sites (N-methyl/N-ethyl adjacent to an activating group) is 1. The van der Waals surface area contributed by atoms with Gasteiger partial charge in [0.15, 0.2) is 0 Å². The molecule has 0 spiro atoms. The highest BCUT2D eigenvalue weighted by Gasteiger charge is 2.29. The monoisotopic (exact) mass is 349 g/mol. The topological polar surface area (TPSA) is 121 Å². The van der Waals surface area contributed by atoms with Crippen molar-refractivity contribution in [3.05, 3.63) is 39.9 Å². The number of amides is 2. The van der Waals surface area contributed by atoms with Crippen molar-refractivity contribution in [3.63, 3.8) is 0 Å². The molecule has 9 nitrogen and oxygen atoms in total. The summed E-state index contributed by atoms with van der Waals surface area (Å²) in [5.74, 6) is -2.25. The van der Waals surface area contributed by atoms with E-state index in [9.17, 15) is 24.5 Å². The highest BCUT2D eigenvalue weighted by atomic mass is 16.6. The third kappa shape index (κ3) is 4.52. The molecule has 1 fully saturated rings. The second kappa shape index (κ2) is 7.73. The fourth-order valence-electron chi connectivity index (χ4n) is 2.73. The van der Waals surface area contributed by atoms with E-state index in [2.05, 4.69) is 0 Å². The van der Waals surface area contributed by atoms with Crippen LogP contribution >= 0.6 is 0 Å². The standard InChI is InChI=1S/C16H19N3O6/c1-17(15(21)11-4-6-13(7-5-11)19(24)25)10-14(20)18-8-2-3-12(9-18)16(22)23/h4-7,12H,2-3,8-10H2,1H3,(H,22,23). The second-order valence-corrected chi connectivity index (χ2v) is 5.98. The number of nitro benzene ring substituents is 1. The molecule has 1 aromatic carbocycles. The van der Waals surface area contributed by atoms with Crippen LogP contribution in [0.25, 0.3) is 0 Å². The number of nitro groups is 1. The number of hydrogen-bond donors (Lipinski definition) is 1. The summed E-state index contributed by atoms with van der Waals surface area (Å²) in [4.78, 5) is 48.4. The number of likely N-dealkylation sites (tertiary alicyclic amines) is 1. The van der Waals surface area contributed by atoms with Crippen molar-refractivity contribution >= 4 is 23.5 Å². The van der Waals surface area contributed by atoms with Crippen molar-refractivity contribution in [2.24, 2.45) is 5.92 Å². The molecule has 1 aliphatic heterocycles. The van der Waals surface area contributed by atoms with Crippen LogP contribution in [0.4, 0.5) is 5.69 Å². The zero-order valence-corrected chi connectivity index (χ0v) is 13.8. The van der Waals surface area contributed by atoms with Gasteiger partial charge < -0.3 is 14.9 Å². The molecule has 1 aromatic rings. The summed E-state index contributed by atoms with van der Waals surface area (Å²) in [6.07, 6.45) is 1.15. The van der Waals surface area contributed by atoms with Gasteiger partial charge in [-0.15, -0.1) is 0 Å². The maximum Gasteiger partial charge on any atom is 0.308 e. The first-order chi connectivity index (χ1) is 11.8. The SMILES string of the molecule is CN(CC(=O)N1CCCC(C(=O)O)C1)C(=O)c1ccc([N+](=O)[O-])cc1. The molecule has 0 saturated carbocycles. The highest BCUT2D eigenvalue weighted by molar-refractivity contribution is 5.96. The zero-order chi connectivity index (χ0) is 18.6. The molecule has 134 valence electrons. The largest absolute Gasteiger partial charge is 0.481 e. The first-order valence-electron chi connectivity index (χ1n) is 7.80. The predicted octanol–water partition coefficient (Wildman–Crippen LogP) is 0.990. The molecule has 2 rings (SSSR count). The Morgan fingerprint density at radius 1 is 1.32 bits per heavy atom. The minimum absolute atomic E-state index is 0.122. The molecule has 1 aliphatic rings. The average molecular weight is 349 g/mol. The Morgan fingerprint density at radius 2 is 1.96 bits per heavy atom. The van der Waals surface area contributed by atoms with Crippen LogP contribution in [-0.4, -0.2) is 64.3 Å². The summed E-state index contributed by atoms with van der Waals surface area (Å²) in [7, 11) is 1.46. The number of carboxylic acids is 1. The second-order valence-electron chi connectivity index (χ2n) is 5.98. The third-order valence-electron chi connectivity index (χ3n) is 4.17. The van der Waals surface area contributed by atoms with E-state index in [4.69, 9.17) is 5.11 Å². The van der Waals surface area contributed by atoms with Gasteiger partial charge in [-0.25, -0.2) is 0 Å². The van der Waals surface area contributed by atoms with Gasteiger partial charge in [-0.3, -0.25) is 24.5 Å². The van der Waals surface area contributed by atoms with Crippen LogP contribution in [0.3, 0.4) is 0 Å². The maximum atomic E-state index is 12.3. The summed E-state index contributed by atoms with van der Waals surface area (Å²) >= 11 is 0. The summed E-state index contributed by atoms with van der Waals surface area (Å²) in [5.41, 5.74) is 0.117. The molecule has 0 bridgehead atoms. The van der Waals surface area contributed by atoms with E-state index in [1.807, 2.05) is 0 Å². The van der Waals surface area contributed by atoms with Gasteiger partial charge in [0.1, 0.15) is 0 Å². The number of carboxylic acid groups (broad SMARTS) is 1. The highest BCUT2D eigenvalue weighted by Crippen LogP contribution is 2.17. The van der Waals surface area contributed by atoms with Crippen LogP contribution in [0.2, 0.25) is 0 Å². The minimum atomic E-state index is -0.923. The van der Waals surface area contributed by atoms with Gasteiger partial charge in [0.25, 0.3) is 11.6 Å². The van der Waals surface area contributed by atoms with E-state index < -0.39 is 22.7 Å². The lowest BCUT2D eigenvalue weighted by Crippen LogP contribution is -2.46. The van der Waals surface area contributed by atoms with E-state index in [1.165, 1.54) is 41.1 Å². The van der Waals surface area contributed by atoms with E-state index in [1.54, 1.807) is 0 Å². The van der Waals surface area contributed by atoms with Crippen LogP contribution in [0.1, 0.15) is 23.2 Å². The number of aliphatic carboxylic acids is 1. The van der Waals surface area contributed by atoms with E-state index in [-0.39, 0.29) is 30.2 Å². The Bertz CT molecular complexity index is 688. The fraction of sp³-hybridized carbons (Fsp3) is 0.438. The number of nitrogens with zero attached hydrogens (tertiary/aromatic N) is 3. The molecule has 1 atom stereocenters. The van der Waals surface area contributed by atoms with Crippen molar-refractivity contribution in [3.8, 4) is 0 Å². The molecule has 1 saturated heterocycles. The van der Waals surface area contributed by atoms with Gasteiger partial charge in [0.2, 0.25) is 5.91 Å². The van der Waals surface area contributed by atoms with Crippen molar-refractivity contribution in [1.29, 1.82) is 0 Å². The lowest BCUT2D eigenvalue weighted by Gasteiger charge is -2.32. The quantitative estimate of drug-likeness (QED) is 0.625. The number of hydrogen-bond acceptors (Lipinski definition) is 5. The Labute approximate surface area is 144 Å². The van der Waals surface area contributed by atoms with Crippen LogP contribution in [0.5, 0.6) is 0 Å². The van der Waals surface area contributed by atoms with Crippen LogP contribution in [0.15, 0.2) is 24.3 Å².